The summed E-state index contributed by atoms with van der Waals surface area (Å²) in [6, 6.07) is 2.31. The summed E-state index contributed by atoms with van der Waals surface area (Å²) in [5.74, 6) is 0.312. The van der Waals surface area contributed by atoms with Crippen LogP contribution in [0.25, 0.3) is 22.1 Å². The molecule has 0 aromatic carbocycles. The van der Waals surface area contributed by atoms with Gasteiger partial charge in [-0.3, -0.25) is 9.59 Å². The monoisotopic (exact) mass is 365 g/mol. The molecule has 2 saturated carbocycles. The molecule has 7 nitrogen and oxygen atoms in total. The van der Waals surface area contributed by atoms with Gasteiger partial charge in [-0.15, -0.1) is 0 Å². The number of fused-ring (bicyclic) bond motifs is 3. The number of nitrogens with one attached hydrogen (secondary N) is 2. The van der Waals surface area contributed by atoms with Crippen LogP contribution in [0.2, 0.25) is 0 Å². The molecule has 2 fully saturated rings. The zero-order chi connectivity index (χ0) is 18.5. The topological polar surface area (TPSA) is 92.7 Å². The van der Waals surface area contributed by atoms with E-state index >= 15 is 0 Å². The van der Waals surface area contributed by atoms with Crippen LogP contribution in [0.4, 0.5) is 0 Å². The Morgan fingerprint density at radius 1 is 1.22 bits per heavy atom. The van der Waals surface area contributed by atoms with Crippen molar-refractivity contribution < 1.29 is 4.79 Å². The van der Waals surface area contributed by atoms with Crippen LogP contribution in [0.3, 0.4) is 0 Å². The van der Waals surface area contributed by atoms with Crippen molar-refractivity contribution in [1.29, 1.82) is 0 Å². The minimum atomic E-state index is 0.0149. The maximum atomic E-state index is 13.4. The number of nitrogens with zero attached hydrogens (tertiary/aromatic N) is 3. The lowest BCUT2D eigenvalue weighted by Crippen LogP contribution is -2.38. The molecule has 5 rings (SSSR count). The van der Waals surface area contributed by atoms with Gasteiger partial charge < -0.3 is 14.9 Å². The van der Waals surface area contributed by atoms with Crippen molar-refractivity contribution in [2.45, 2.75) is 63.5 Å². The Kier molecular flexibility index (Phi) is 3.77. The Morgan fingerprint density at radius 2 is 2.00 bits per heavy atom. The molecule has 0 radical (unpaired) electrons. The number of hydrogen-bond donors (Lipinski definition) is 2. The van der Waals surface area contributed by atoms with E-state index in [9.17, 15) is 9.59 Å². The molecule has 2 aliphatic carbocycles. The van der Waals surface area contributed by atoms with Crippen LogP contribution in [0.5, 0.6) is 0 Å². The van der Waals surface area contributed by atoms with Crippen LogP contribution in [0.15, 0.2) is 23.3 Å². The summed E-state index contributed by atoms with van der Waals surface area (Å²) in [7, 11) is 0. The SMILES string of the molecule is CC(=O)N[C@H]1CC[C@H](n2c(=O)c(C3CC3)nc3cnc4[nH]ccc4c32)CC1. The first kappa shape index (κ1) is 16.5. The number of amides is 1. The third-order valence-corrected chi connectivity index (χ3v) is 5.89. The maximum absolute atomic E-state index is 13.4. The molecule has 0 saturated heterocycles. The van der Waals surface area contributed by atoms with Crippen molar-refractivity contribution in [3.8, 4) is 0 Å². The molecule has 0 bridgehead atoms. The van der Waals surface area contributed by atoms with Gasteiger partial charge in [-0.1, -0.05) is 0 Å². The molecule has 27 heavy (non-hydrogen) atoms. The maximum Gasteiger partial charge on any atom is 0.273 e. The molecule has 1 amide bonds. The van der Waals surface area contributed by atoms with Crippen LogP contribution >= 0.6 is 0 Å². The van der Waals surface area contributed by atoms with Crippen LogP contribution < -0.4 is 10.9 Å². The normalized spacial score (nSPS) is 23.0. The van der Waals surface area contributed by atoms with Gasteiger partial charge in [-0.05, 0) is 44.6 Å². The molecule has 3 heterocycles. The number of H-pyrrole nitrogens is 1. The number of pyridine rings is 1. The van der Waals surface area contributed by atoms with Crippen LogP contribution in [-0.4, -0.2) is 31.5 Å². The molecule has 2 aliphatic rings. The van der Waals surface area contributed by atoms with Crippen molar-refractivity contribution in [3.05, 3.63) is 34.5 Å². The van der Waals surface area contributed by atoms with Crippen LogP contribution in [-0.2, 0) is 4.79 Å². The molecule has 0 atom stereocenters. The number of hydrogen-bond acceptors (Lipinski definition) is 4. The van der Waals surface area contributed by atoms with E-state index in [1.807, 2.05) is 16.8 Å². The number of carbonyl (C=O) groups excluding carboxylic acids is 1. The van der Waals surface area contributed by atoms with Gasteiger partial charge in [-0.25, -0.2) is 9.97 Å². The van der Waals surface area contributed by atoms with E-state index in [4.69, 9.17) is 4.98 Å². The average Bonchev–Trinajstić information content (AvgIpc) is 3.38. The van der Waals surface area contributed by atoms with Crippen molar-refractivity contribution >= 4 is 28.0 Å². The Morgan fingerprint density at radius 3 is 2.70 bits per heavy atom. The Balaban J connectivity index is 1.63. The molecular formula is C20H23N5O2. The lowest BCUT2D eigenvalue weighted by Gasteiger charge is -2.31. The zero-order valence-electron chi connectivity index (χ0n) is 15.4. The average molecular weight is 365 g/mol. The van der Waals surface area contributed by atoms with Gasteiger partial charge in [0.2, 0.25) is 5.91 Å². The van der Waals surface area contributed by atoms with E-state index in [2.05, 4.69) is 15.3 Å². The molecule has 7 heteroatoms. The summed E-state index contributed by atoms with van der Waals surface area (Å²) >= 11 is 0. The van der Waals surface area contributed by atoms with Gasteiger partial charge in [0.15, 0.2) is 0 Å². The fourth-order valence-electron chi connectivity index (χ4n) is 4.46. The Hall–Kier alpha value is -2.70. The molecular weight excluding hydrogens is 342 g/mol. The van der Waals surface area contributed by atoms with Crippen molar-refractivity contribution in [2.75, 3.05) is 0 Å². The Bertz CT molecular complexity index is 1090. The highest BCUT2D eigenvalue weighted by Crippen LogP contribution is 2.39. The van der Waals surface area contributed by atoms with Crippen LogP contribution in [0.1, 0.15) is 63.1 Å². The smallest absolute Gasteiger partial charge is 0.273 e. The molecule has 3 aromatic heterocycles. The molecule has 3 aromatic rings. The lowest BCUT2D eigenvalue weighted by atomic mass is 9.90. The summed E-state index contributed by atoms with van der Waals surface area (Å²) in [4.78, 5) is 37.1. The minimum Gasteiger partial charge on any atom is -0.354 e. The van der Waals surface area contributed by atoms with Gasteiger partial charge in [0.1, 0.15) is 16.9 Å². The van der Waals surface area contributed by atoms with Gasteiger partial charge in [0, 0.05) is 36.5 Å². The van der Waals surface area contributed by atoms with Gasteiger partial charge in [0.05, 0.1) is 11.7 Å². The molecule has 2 N–H and O–H groups in total. The summed E-state index contributed by atoms with van der Waals surface area (Å²) in [6.45, 7) is 1.56. The zero-order valence-corrected chi connectivity index (χ0v) is 15.4. The summed E-state index contributed by atoms with van der Waals surface area (Å²) in [5.41, 5.74) is 3.22. The number of aromatic amines is 1. The third kappa shape index (κ3) is 2.81. The number of carbonyl (C=O) groups is 1. The predicted octanol–water partition coefficient (Wildman–Crippen LogP) is 2.77. The lowest BCUT2D eigenvalue weighted by molar-refractivity contribution is -0.119. The summed E-state index contributed by atoms with van der Waals surface area (Å²) < 4.78 is 1.98. The Labute approximate surface area is 156 Å². The minimum absolute atomic E-state index is 0.0149. The van der Waals surface area contributed by atoms with E-state index in [0.29, 0.717) is 11.6 Å². The first-order valence-corrected chi connectivity index (χ1v) is 9.77. The molecule has 140 valence electrons. The standard InChI is InChI=1S/C20H23N5O2/c1-11(26)23-13-4-6-14(7-5-13)25-18-15-8-9-21-19(15)22-10-16(18)24-17(20(25)27)12-2-3-12/h8-10,12-14H,2-7H2,1H3,(H,21,22)(H,23,26)/t13-,14-. The van der Waals surface area contributed by atoms with E-state index in [0.717, 1.165) is 60.6 Å². The van der Waals surface area contributed by atoms with E-state index in [1.54, 1.807) is 13.1 Å². The third-order valence-electron chi connectivity index (χ3n) is 5.89. The van der Waals surface area contributed by atoms with E-state index < -0.39 is 0 Å². The van der Waals surface area contributed by atoms with Gasteiger partial charge >= 0.3 is 0 Å². The molecule has 0 spiro atoms. The fourth-order valence-corrected chi connectivity index (χ4v) is 4.46. The van der Waals surface area contributed by atoms with Gasteiger partial charge in [0.25, 0.3) is 5.56 Å². The first-order chi connectivity index (χ1) is 13.1. The highest BCUT2D eigenvalue weighted by atomic mass is 16.1. The van der Waals surface area contributed by atoms with Crippen molar-refractivity contribution in [1.82, 2.24) is 24.8 Å². The van der Waals surface area contributed by atoms with E-state index in [1.165, 1.54) is 0 Å². The second kappa shape index (κ2) is 6.18. The summed E-state index contributed by atoms with van der Waals surface area (Å²) in [5, 5.41) is 3.96. The second-order valence-electron chi connectivity index (χ2n) is 7.88. The fraction of sp³-hybridized carbons (Fsp3) is 0.500. The largest absolute Gasteiger partial charge is 0.354 e. The molecule has 0 unspecified atom stereocenters. The quantitative estimate of drug-likeness (QED) is 0.746. The predicted molar refractivity (Wildman–Crippen MR) is 103 cm³/mol. The highest BCUT2D eigenvalue weighted by Gasteiger charge is 2.32. The molecule has 0 aliphatic heterocycles. The van der Waals surface area contributed by atoms with Crippen LogP contribution in [0, 0.1) is 0 Å². The highest BCUT2D eigenvalue weighted by molar-refractivity contribution is 6.00. The first-order valence-electron chi connectivity index (χ1n) is 9.77. The van der Waals surface area contributed by atoms with E-state index in [-0.39, 0.29) is 23.6 Å². The van der Waals surface area contributed by atoms with Gasteiger partial charge in [-0.2, -0.15) is 0 Å². The number of aromatic nitrogens is 4. The van der Waals surface area contributed by atoms with Crippen molar-refractivity contribution in [3.63, 3.8) is 0 Å². The number of rotatable bonds is 3. The summed E-state index contributed by atoms with van der Waals surface area (Å²) in [6.07, 6.45) is 9.25. The second-order valence-corrected chi connectivity index (χ2v) is 7.88. The van der Waals surface area contributed by atoms with Crippen molar-refractivity contribution in [2.24, 2.45) is 0 Å².